The molecule has 0 aliphatic carbocycles. The number of esters is 1. The van der Waals surface area contributed by atoms with E-state index in [4.69, 9.17) is 28.4 Å². The number of hydrogen-bond acceptors (Lipinski definition) is 10. The summed E-state index contributed by atoms with van der Waals surface area (Å²) in [6, 6.07) is 12.5. The molecule has 2 atom stereocenters. The minimum atomic E-state index is -1.06. The molecule has 2 amide bonds. The Hall–Kier alpha value is -5.04. The molecule has 5 rings (SSSR count). The Bertz CT molecular complexity index is 1890. The lowest BCUT2D eigenvalue weighted by Gasteiger charge is -2.39. The first-order chi connectivity index (χ1) is 24.7. The van der Waals surface area contributed by atoms with E-state index < -0.39 is 46.9 Å². The van der Waals surface area contributed by atoms with Gasteiger partial charge in [-0.25, -0.2) is 14.0 Å². The van der Waals surface area contributed by atoms with Gasteiger partial charge in [-0.3, -0.25) is 9.69 Å². The maximum Gasteiger partial charge on any atom is 0.413 e. The summed E-state index contributed by atoms with van der Waals surface area (Å²) in [4.78, 5) is 42.5. The van der Waals surface area contributed by atoms with Crippen LogP contribution in [-0.4, -0.2) is 79.3 Å². The standard InChI is InChI=1S/C40H50FN3O9/c1-23-12-13-25(41)18-32(23)50-21-29-27(16-17-30-34(29)43(10)36(46)39(6,7)42-30)28-15-14-26(19-33(28)48-11)49-20-24(2)52-35(45)31-22-51-40(8,9)44(31)37(47)53-38(3,4)5/h12-19,24,31,42H,20-22H2,1-11H3/t24-,31-/m0/s1. The van der Waals surface area contributed by atoms with E-state index in [1.165, 1.54) is 17.0 Å². The summed E-state index contributed by atoms with van der Waals surface area (Å²) in [5.41, 5.74) is 1.63. The largest absolute Gasteiger partial charge is 0.496 e. The molecule has 1 fully saturated rings. The molecule has 53 heavy (non-hydrogen) atoms. The number of fused-ring (bicyclic) bond motifs is 1. The molecule has 0 unspecified atom stereocenters. The summed E-state index contributed by atoms with van der Waals surface area (Å²) in [7, 11) is 3.27. The van der Waals surface area contributed by atoms with E-state index >= 15 is 0 Å². The minimum absolute atomic E-state index is 0.0108. The summed E-state index contributed by atoms with van der Waals surface area (Å²) in [5.74, 6) is 0.138. The molecule has 0 aromatic heterocycles. The summed E-state index contributed by atoms with van der Waals surface area (Å²) in [5, 5.41) is 3.34. The molecule has 3 aromatic rings. The minimum Gasteiger partial charge on any atom is -0.496 e. The Morgan fingerprint density at radius 2 is 1.72 bits per heavy atom. The van der Waals surface area contributed by atoms with Gasteiger partial charge in [0.1, 0.15) is 59.2 Å². The third-order valence-corrected chi connectivity index (χ3v) is 9.04. The summed E-state index contributed by atoms with van der Waals surface area (Å²) < 4.78 is 49.2. The van der Waals surface area contributed by atoms with Crippen LogP contribution in [0.5, 0.6) is 17.2 Å². The zero-order valence-corrected chi connectivity index (χ0v) is 32.3. The fourth-order valence-corrected chi connectivity index (χ4v) is 6.45. The lowest BCUT2D eigenvalue weighted by atomic mass is 9.91. The third-order valence-electron chi connectivity index (χ3n) is 9.04. The van der Waals surface area contributed by atoms with Gasteiger partial charge in [0.25, 0.3) is 5.91 Å². The van der Waals surface area contributed by atoms with E-state index in [1.807, 2.05) is 39.0 Å². The maximum absolute atomic E-state index is 14.2. The third kappa shape index (κ3) is 8.45. The number of rotatable bonds is 10. The zero-order valence-electron chi connectivity index (χ0n) is 32.3. The van der Waals surface area contributed by atoms with Gasteiger partial charge in [-0.2, -0.15) is 0 Å². The average molecular weight is 736 g/mol. The second-order valence-electron chi connectivity index (χ2n) is 15.3. The number of benzene rings is 3. The van der Waals surface area contributed by atoms with Gasteiger partial charge in [0, 0.05) is 30.3 Å². The molecule has 13 heteroatoms. The summed E-state index contributed by atoms with van der Waals surface area (Å²) in [6.07, 6.45) is -1.35. The highest BCUT2D eigenvalue weighted by Crippen LogP contribution is 2.45. The molecule has 0 spiro atoms. The van der Waals surface area contributed by atoms with Gasteiger partial charge in [-0.05, 0) is 97.7 Å². The normalized spacial score (nSPS) is 18.1. The number of amides is 2. The highest BCUT2D eigenvalue weighted by Gasteiger charge is 2.50. The van der Waals surface area contributed by atoms with Crippen LogP contribution < -0.4 is 24.4 Å². The lowest BCUT2D eigenvalue weighted by molar-refractivity contribution is -0.155. The van der Waals surface area contributed by atoms with Gasteiger partial charge < -0.3 is 38.6 Å². The van der Waals surface area contributed by atoms with Crippen molar-refractivity contribution >= 4 is 29.3 Å². The van der Waals surface area contributed by atoms with E-state index in [9.17, 15) is 18.8 Å². The van der Waals surface area contributed by atoms with Crippen molar-refractivity contribution in [3.63, 3.8) is 0 Å². The average Bonchev–Trinajstić information content (AvgIpc) is 3.40. The summed E-state index contributed by atoms with van der Waals surface area (Å²) >= 11 is 0. The van der Waals surface area contributed by atoms with Crippen molar-refractivity contribution in [2.75, 3.05) is 37.6 Å². The molecular weight excluding hydrogens is 685 g/mol. The molecule has 2 aliphatic rings. The molecule has 12 nitrogen and oxygen atoms in total. The van der Waals surface area contributed by atoms with Crippen LogP contribution in [0.3, 0.4) is 0 Å². The fourth-order valence-electron chi connectivity index (χ4n) is 6.45. The van der Waals surface area contributed by atoms with Crippen LogP contribution in [0.1, 0.15) is 66.5 Å². The molecule has 1 N–H and O–H groups in total. The van der Waals surface area contributed by atoms with E-state index in [0.29, 0.717) is 34.1 Å². The molecule has 1 saturated heterocycles. The van der Waals surface area contributed by atoms with Crippen molar-refractivity contribution in [1.29, 1.82) is 0 Å². The molecule has 2 heterocycles. The van der Waals surface area contributed by atoms with Crippen molar-refractivity contribution in [1.82, 2.24) is 4.90 Å². The van der Waals surface area contributed by atoms with E-state index in [-0.39, 0.29) is 25.7 Å². The number of methoxy groups -OCH3 is 1. The van der Waals surface area contributed by atoms with Gasteiger partial charge in [-0.15, -0.1) is 0 Å². The topological polar surface area (TPSA) is 125 Å². The highest BCUT2D eigenvalue weighted by atomic mass is 19.1. The first-order valence-electron chi connectivity index (χ1n) is 17.5. The predicted molar refractivity (Wildman–Crippen MR) is 198 cm³/mol. The van der Waals surface area contributed by atoms with Crippen molar-refractivity contribution in [3.8, 4) is 28.4 Å². The smallest absolute Gasteiger partial charge is 0.413 e. The Balaban J connectivity index is 1.36. The zero-order chi connectivity index (χ0) is 39.0. The van der Waals surface area contributed by atoms with Gasteiger partial charge >= 0.3 is 12.1 Å². The molecule has 0 saturated carbocycles. The summed E-state index contributed by atoms with van der Waals surface area (Å²) in [6.45, 7) is 15.8. The Morgan fingerprint density at radius 3 is 2.40 bits per heavy atom. The van der Waals surface area contributed by atoms with Crippen LogP contribution in [0.4, 0.5) is 20.6 Å². The second kappa shape index (κ2) is 14.8. The molecule has 286 valence electrons. The number of nitrogens with one attached hydrogen (secondary N) is 1. The number of nitrogens with zero attached hydrogens (tertiary/aromatic N) is 2. The van der Waals surface area contributed by atoms with Crippen LogP contribution in [0.2, 0.25) is 0 Å². The molecule has 0 bridgehead atoms. The lowest BCUT2D eigenvalue weighted by Crippen LogP contribution is -2.53. The van der Waals surface area contributed by atoms with Gasteiger partial charge in [0.2, 0.25) is 0 Å². The number of carbonyl (C=O) groups excluding carboxylic acids is 3. The van der Waals surface area contributed by atoms with Crippen LogP contribution in [0, 0.1) is 12.7 Å². The molecule has 0 radical (unpaired) electrons. The van der Waals surface area contributed by atoms with E-state index in [0.717, 1.165) is 16.8 Å². The molecule has 2 aliphatic heterocycles. The SMILES string of the molecule is COc1cc(OC[C@H](C)OC(=O)[C@@H]2COC(C)(C)N2C(=O)OC(C)(C)C)ccc1-c1ccc2c(c1COc1cc(F)ccc1C)N(C)C(=O)C(C)(C)N2. The first kappa shape index (κ1) is 39.2. The van der Waals surface area contributed by atoms with E-state index in [1.54, 1.807) is 78.8 Å². The number of likely N-dealkylation sites (N-methyl/N-ethyl adjacent to an activating group) is 1. The first-order valence-corrected chi connectivity index (χ1v) is 17.5. The van der Waals surface area contributed by atoms with Crippen molar-refractivity contribution in [2.24, 2.45) is 0 Å². The van der Waals surface area contributed by atoms with Crippen LogP contribution in [-0.2, 0) is 30.4 Å². The predicted octanol–water partition coefficient (Wildman–Crippen LogP) is 7.24. The molecular formula is C40H50FN3O9. The van der Waals surface area contributed by atoms with Gasteiger partial charge in [0.15, 0.2) is 6.04 Å². The Morgan fingerprint density at radius 1 is 1.02 bits per heavy atom. The number of aryl methyl sites for hydroxylation is 1. The quantitative estimate of drug-likeness (QED) is 0.213. The number of ether oxygens (including phenoxy) is 6. The number of halogens is 1. The van der Waals surface area contributed by atoms with Crippen molar-refractivity contribution in [2.45, 2.75) is 97.9 Å². The second-order valence-corrected chi connectivity index (χ2v) is 15.3. The number of anilines is 2. The maximum atomic E-state index is 14.2. The fraction of sp³-hybridized carbons (Fsp3) is 0.475. The Labute approximate surface area is 310 Å². The monoisotopic (exact) mass is 735 g/mol. The van der Waals surface area contributed by atoms with Crippen molar-refractivity contribution in [3.05, 3.63) is 65.5 Å². The number of carbonyl (C=O) groups is 3. The van der Waals surface area contributed by atoms with Crippen molar-refractivity contribution < 1.29 is 47.2 Å². The van der Waals surface area contributed by atoms with Crippen LogP contribution >= 0.6 is 0 Å². The van der Waals surface area contributed by atoms with Gasteiger partial charge in [0.05, 0.1) is 25.1 Å². The number of hydrogen-bond donors (Lipinski definition) is 1. The van der Waals surface area contributed by atoms with E-state index in [2.05, 4.69) is 5.32 Å². The Kier molecular flexibility index (Phi) is 10.9. The van der Waals surface area contributed by atoms with Gasteiger partial charge in [-0.1, -0.05) is 12.1 Å². The van der Waals surface area contributed by atoms with Crippen LogP contribution in [0.15, 0.2) is 48.5 Å². The highest BCUT2D eigenvalue weighted by molar-refractivity contribution is 6.08. The molecule has 3 aromatic carbocycles. The van der Waals surface area contributed by atoms with Crippen LogP contribution in [0.25, 0.3) is 11.1 Å².